The van der Waals surface area contributed by atoms with Crippen molar-refractivity contribution in [2.45, 2.75) is 63.6 Å². The number of nitrogens with zero attached hydrogens (tertiary/aromatic N) is 2. The molecule has 3 fully saturated rings. The number of nitrogens with one attached hydrogen (secondary N) is 1. The van der Waals surface area contributed by atoms with Crippen LogP contribution in [0.3, 0.4) is 0 Å². The second-order valence-electron chi connectivity index (χ2n) is 7.24. The fraction of sp³-hybridized carbons (Fsp3) is 0.938. The van der Waals surface area contributed by atoms with Gasteiger partial charge in [0.05, 0.1) is 6.54 Å². The first-order chi connectivity index (χ1) is 9.61. The van der Waals surface area contributed by atoms with E-state index in [0.29, 0.717) is 30.6 Å². The number of carbonyl (C=O) groups is 1. The number of amides is 1. The van der Waals surface area contributed by atoms with Gasteiger partial charge in [-0.05, 0) is 51.5 Å². The van der Waals surface area contributed by atoms with Crippen molar-refractivity contribution in [3.63, 3.8) is 0 Å². The maximum atomic E-state index is 12.4. The van der Waals surface area contributed by atoms with Crippen LogP contribution in [-0.4, -0.2) is 60.5 Å². The highest BCUT2D eigenvalue weighted by Crippen LogP contribution is 2.29. The molecule has 3 heterocycles. The highest BCUT2D eigenvalue weighted by Gasteiger charge is 2.35. The average molecular weight is 279 g/mol. The first-order valence-electron chi connectivity index (χ1n) is 8.36. The number of hydrogen-bond acceptors (Lipinski definition) is 3. The minimum atomic E-state index is 0.338. The number of likely N-dealkylation sites (N-methyl/N-ethyl adjacent to an activating group) is 1. The lowest BCUT2D eigenvalue weighted by Gasteiger charge is -2.37. The summed E-state index contributed by atoms with van der Waals surface area (Å²) in [7, 11) is 2.14. The monoisotopic (exact) mass is 279 g/mol. The summed E-state index contributed by atoms with van der Waals surface area (Å²) in [6.07, 6.45) is 7.44. The van der Waals surface area contributed by atoms with Crippen molar-refractivity contribution in [2.24, 2.45) is 5.92 Å². The number of carbonyl (C=O) groups excluding carboxylic acids is 1. The van der Waals surface area contributed by atoms with Crippen molar-refractivity contribution < 1.29 is 4.79 Å². The topological polar surface area (TPSA) is 35.6 Å². The Morgan fingerprint density at radius 1 is 1.15 bits per heavy atom. The van der Waals surface area contributed by atoms with E-state index in [2.05, 4.69) is 29.1 Å². The summed E-state index contributed by atoms with van der Waals surface area (Å²) in [5.41, 5.74) is 0. The van der Waals surface area contributed by atoms with Crippen molar-refractivity contribution in [3.05, 3.63) is 0 Å². The van der Waals surface area contributed by atoms with E-state index in [9.17, 15) is 4.79 Å². The Balaban J connectivity index is 1.48. The highest BCUT2D eigenvalue weighted by atomic mass is 16.2. The molecule has 20 heavy (non-hydrogen) atoms. The highest BCUT2D eigenvalue weighted by molar-refractivity contribution is 5.78. The molecule has 3 aliphatic rings. The maximum absolute atomic E-state index is 12.4. The molecule has 3 rings (SSSR count). The molecule has 0 aromatic heterocycles. The van der Waals surface area contributed by atoms with Crippen LogP contribution in [0.2, 0.25) is 0 Å². The zero-order valence-corrected chi connectivity index (χ0v) is 13.0. The van der Waals surface area contributed by atoms with Gasteiger partial charge in [0.25, 0.3) is 0 Å². The lowest BCUT2D eigenvalue weighted by Crippen LogP contribution is -2.50. The van der Waals surface area contributed by atoms with E-state index in [0.717, 1.165) is 19.0 Å². The van der Waals surface area contributed by atoms with Crippen LogP contribution in [0.4, 0.5) is 0 Å². The number of piperidine rings is 2. The van der Waals surface area contributed by atoms with E-state index in [1.165, 1.54) is 38.5 Å². The third-order valence-electron chi connectivity index (χ3n) is 5.59. The second-order valence-corrected chi connectivity index (χ2v) is 7.24. The molecule has 3 aliphatic heterocycles. The lowest BCUT2D eigenvalue weighted by molar-refractivity contribution is -0.134. The summed E-state index contributed by atoms with van der Waals surface area (Å²) in [5.74, 6) is 1.13. The molecule has 1 amide bonds. The van der Waals surface area contributed by atoms with Gasteiger partial charge < -0.3 is 10.2 Å². The minimum Gasteiger partial charge on any atom is -0.342 e. The summed E-state index contributed by atoms with van der Waals surface area (Å²) >= 11 is 0. The Morgan fingerprint density at radius 3 is 2.35 bits per heavy atom. The first kappa shape index (κ1) is 14.3. The van der Waals surface area contributed by atoms with Gasteiger partial charge in [-0.2, -0.15) is 0 Å². The Morgan fingerprint density at radius 2 is 1.75 bits per heavy atom. The molecule has 4 nitrogen and oxygen atoms in total. The van der Waals surface area contributed by atoms with Crippen molar-refractivity contribution in [1.82, 2.24) is 15.1 Å². The zero-order valence-electron chi connectivity index (χ0n) is 13.0. The average Bonchev–Trinajstić information content (AvgIpc) is 2.78. The van der Waals surface area contributed by atoms with Crippen molar-refractivity contribution in [2.75, 3.05) is 26.7 Å². The number of likely N-dealkylation sites (tertiary alicyclic amines) is 1. The van der Waals surface area contributed by atoms with Crippen molar-refractivity contribution in [3.8, 4) is 0 Å². The van der Waals surface area contributed by atoms with Crippen LogP contribution in [-0.2, 0) is 4.79 Å². The largest absolute Gasteiger partial charge is 0.342 e. The van der Waals surface area contributed by atoms with Crippen LogP contribution >= 0.6 is 0 Å². The molecule has 0 saturated carbocycles. The van der Waals surface area contributed by atoms with Crippen LogP contribution in [0, 0.1) is 5.92 Å². The molecule has 2 bridgehead atoms. The molecule has 1 N–H and O–H groups in total. The lowest BCUT2D eigenvalue weighted by atomic mass is 9.98. The van der Waals surface area contributed by atoms with Gasteiger partial charge >= 0.3 is 0 Å². The molecule has 2 atom stereocenters. The summed E-state index contributed by atoms with van der Waals surface area (Å²) in [6.45, 7) is 4.83. The van der Waals surface area contributed by atoms with E-state index in [4.69, 9.17) is 0 Å². The number of fused-ring (bicyclic) bond motifs is 2. The standard InChI is InChI=1S/C16H29N3O/c1-12-5-7-19(8-6-12)16(20)11-18(2)15-9-13-3-4-14(10-15)17-13/h12-15,17H,3-11H2,1-2H3. The van der Waals surface area contributed by atoms with Gasteiger partial charge in [0.15, 0.2) is 0 Å². The summed E-state index contributed by atoms with van der Waals surface area (Å²) in [5, 5.41) is 3.67. The third-order valence-corrected chi connectivity index (χ3v) is 5.59. The molecule has 3 saturated heterocycles. The quantitative estimate of drug-likeness (QED) is 0.849. The zero-order chi connectivity index (χ0) is 14.1. The van der Waals surface area contributed by atoms with Gasteiger partial charge in [0, 0.05) is 31.2 Å². The first-order valence-corrected chi connectivity index (χ1v) is 8.36. The Bertz CT molecular complexity index is 340. The van der Waals surface area contributed by atoms with Gasteiger partial charge in [0.2, 0.25) is 5.91 Å². The van der Waals surface area contributed by atoms with Crippen LogP contribution < -0.4 is 5.32 Å². The van der Waals surface area contributed by atoms with E-state index in [-0.39, 0.29) is 0 Å². The molecular weight excluding hydrogens is 250 g/mol. The molecule has 2 unspecified atom stereocenters. The summed E-state index contributed by atoms with van der Waals surface area (Å²) in [4.78, 5) is 16.8. The fourth-order valence-electron chi connectivity index (χ4n) is 4.09. The van der Waals surface area contributed by atoms with E-state index < -0.39 is 0 Å². The van der Waals surface area contributed by atoms with Crippen LogP contribution in [0.25, 0.3) is 0 Å². The Kier molecular flexibility index (Phi) is 4.32. The molecule has 114 valence electrons. The van der Waals surface area contributed by atoms with E-state index in [1.54, 1.807) is 0 Å². The third kappa shape index (κ3) is 3.17. The molecular formula is C16H29N3O. The smallest absolute Gasteiger partial charge is 0.236 e. The van der Waals surface area contributed by atoms with Gasteiger partial charge in [-0.25, -0.2) is 0 Å². The van der Waals surface area contributed by atoms with E-state index >= 15 is 0 Å². The predicted octanol–water partition coefficient (Wildman–Crippen LogP) is 1.46. The van der Waals surface area contributed by atoms with Crippen molar-refractivity contribution >= 4 is 5.91 Å². The fourth-order valence-corrected chi connectivity index (χ4v) is 4.09. The predicted molar refractivity (Wildman–Crippen MR) is 80.6 cm³/mol. The minimum absolute atomic E-state index is 0.338. The molecule has 0 aromatic carbocycles. The van der Waals surface area contributed by atoms with Gasteiger partial charge in [-0.1, -0.05) is 6.92 Å². The Labute approximate surface area is 122 Å². The number of hydrogen-bond donors (Lipinski definition) is 1. The summed E-state index contributed by atoms with van der Waals surface area (Å²) < 4.78 is 0. The second kappa shape index (κ2) is 6.02. The van der Waals surface area contributed by atoms with Gasteiger partial charge in [-0.15, -0.1) is 0 Å². The SMILES string of the molecule is CC1CCN(C(=O)CN(C)C2CC3CCC(C2)N3)CC1. The molecule has 4 heteroatoms. The molecule has 0 radical (unpaired) electrons. The van der Waals surface area contributed by atoms with Gasteiger partial charge in [-0.3, -0.25) is 9.69 Å². The van der Waals surface area contributed by atoms with Crippen LogP contribution in [0.5, 0.6) is 0 Å². The molecule has 0 aliphatic carbocycles. The van der Waals surface area contributed by atoms with E-state index in [1.807, 2.05) is 0 Å². The summed E-state index contributed by atoms with van der Waals surface area (Å²) in [6, 6.07) is 2.00. The molecule has 0 spiro atoms. The van der Waals surface area contributed by atoms with Gasteiger partial charge in [0.1, 0.15) is 0 Å². The van der Waals surface area contributed by atoms with Crippen LogP contribution in [0.1, 0.15) is 45.4 Å². The normalized spacial score (nSPS) is 34.8. The maximum Gasteiger partial charge on any atom is 0.236 e. The Hall–Kier alpha value is -0.610. The molecule has 0 aromatic rings. The van der Waals surface area contributed by atoms with Crippen LogP contribution in [0.15, 0.2) is 0 Å². The van der Waals surface area contributed by atoms with Crippen molar-refractivity contribution in [1.29, 1.82) is 0 Å². The number of rotatable bonds is 3.